The van der Waals surface area contributed by atoms with Crippen molar-refractivity contribution in [2.45, 2.75) is 20.8 Å². The van der Waals surface area contributed by atoms with Crippen molar-refractivity contribution in [3.8, 4) is 0 Å². The average molecular weight is 398 g/mol. The molecule has 8 heteroatoms. The second kappa shape index (κ2) is 8.71. The molecule has 2 heterocycles. The summed E-state index contributed by atoms with van der Waals surface area (Å²) in [7, 11) is 0. The fourth-order valence-electron chi connectivity index (χ4n) is 2.76. The van der Waals surface area contributed by atoms with Crippen LogP contribution in [0, 0.1) is 6.92 Å². The Morgan fingerprint density at radius 1 is 1.14 bits per heavy atom. The summed E-state index contributed by atoms with van der Waals surface area (Å²) in [5, 5.41) is 7.17. The predicted molar refractivity (Wildman–Crippen MR) is 111 cm³/mol. The molecule has 2 amide bonds. The monoisotopic (exact) mass is 398 g/mol. The number of amides is 2. The molecule has 1 aromatic carbocycles. The van der Waals surface area contributed by atoms with E-state index in [-0.39, 0.29) is 17.6 Å². The number of carbonyl (C=O) groups is 2. The standard InChI is InChI=1S/C20H22N4O3S/c1-4-24(5-2)14-8-9-15(13(3)11-14)21-18(25)16-12-27-20(22-16)23-19(26)17-7-6-10-28-17/h6-12H,4-5H2,1-3H3,(H,21,25)(H,22,23,26). The fourth-order valence-corrected chi connectivity index (χ4v) is 3.38. The van der Waals surface area contributed by atoms with E-state index in [0.717, 1.165) is 24.3 Å². The highest BCUT2D eigenvalue weighted by molar-refractivity contribution is 7.12. The summed E-state index contributed by atoms with van der Waals surface area (Å²) in [6, 6.07) is 9.35. The molecule has 3 rings (SSSR count). The number of nitrogens with zero attached hydrogens (tertiary/aromatic N) is 2. The number of rotatable bonds is 7. The summed E-state index contributed by atoms with van der Waals surface area (Å²) in [6.45, 7) is 7.99. The van der Waals surface area contributed by atoms with Gasteiger partial charge < -0.3 is 14.6 Å². The molecule has 3 aromatic rings. The largest absolute Gasteiger partial charge is 0.431 e. The van der Waals surface area contributed by atoms with Crippen LogP contribution in [-0.2, 0) is 0 Å². The number of carbonyl (C=O) groups excluding carboxylic acids is 2. The third-order valence-electron chi connectivity index (χ3n) is 4.29. The second-order valence-corrected chi connectivity index (χ2v) is 7.04. The minimum atomic E-state index is -0.404. The van der Waals surface area contributed by atoms with Gasteiger partial charge in [0.05, 0.1) is 4.88 Å². The molecule has 0 fully saturated rings. The lowest BCUT2D eigenvalue weighted by Crippen LogP contribution is -2.22. The Kier molecular flexibility index (Phi) is 6.10. The molecule has 28 heavy (non-hydrogen) atoms. The van der Waals surface area contributed by atoms with Crippen molar-refractivity contribution >= 4 is 40.5 Å². The van der Waals surface area contributed by atoms with Gasteiger partial charge in [-0.1, -0.05) is 6.07 Å². The highest BCUT2D eigenvalue weighted by Crippen LogP contribution is 2.23. The first-order valence-electron chi connectivity index (χ1n) is 8.99. The van der Waals surface area contributed by atoms with Crippen LogP contribution in [0.3, 0.4) is 0 Å². The Bertz CT molecular complexity index is 962. The number of thiophene rings is 1. The topological polar surface area (TPSA) is 87.5 Å². The molecule has 0 radical (unpaired) electrons. The molecule has 2 aromatic heterocycles. The van der Waals surface area contributed by atoms with Gasteiger partial charge in [0.1, 0.15) is 6.26 Å². The third-order valence-corrected chi connectivity index (χ3v) is 5.16. The lowest BCUT2D eigenvalue weighted by molar-refractivity contribution is 0.101. The van der Waals surface area contributed by atoms with E-state index in [9.17, 15) is 9.59 Å². The zero-order valence-corrected chi connectivity index (χ0v) is 16.8. The molecule has 0 aliphatic rings. The fraction of sp³-hybridized carbons (Fsp3) is 0.250. The number of anilines is 3. The van der Waals surface area contributed by atoms with Gasteiger partial charge in [0.15, 0.2) is 5.69 Å². The Hall–Kier alpha value is -3.13. The van der Waals surface area contributed by atoms with Crippen molar-refractivity contribution in [3.05, 3.63) is 58.1 Å². The van der Waals surface area contributed by atoms with Crippen LogP contribution in [0.1, 0.15) is 39.6 Å². The summed E-state index contributed by atoms with van der Waals surface area (Å²) in [5.41, 5.74) is 2.86. The lowest BCUT2D eigenvalue weighted by atomic mass is 10.1. The minimum Gasteiger partial charge on any atom is -0.431 e. The van der Waals surface area contributed by atoms with Crippen molar-refractivity contribution in [1.29, 1.82) is 0 Å². The zero-order chi connectivity index (χ0) is 20.1. The predicted octanol–water partition coefficient (Wildman–Crippen LogP) is 4.40. The van der Waals surface area contributed by atoms with Crippen LogP contribution in [0.2, 0.25) is 0 Å². The van der Waals surface area contributed by atoms with Crippen molar-refractivity contribution in [2.24, 2.45) is 0 Å². The summed E-state index contributed by atoms with van der Waals surface area (Å²) >= 11 is 1.31. The first-order valence-corrected chi connectivity index (χ1v) is 9.87. The molecule has 0 aliphatic carbocycles. The van der Waals surface area contributed by atoms with Gasteiger partial charge in [0.25, 0.3) is 11.8 Å². The maximum atomic E-state index is 12.5. The Labute approximate surface area is 167 Å². The van der Waals surface area contributed by atoms with Crippen molar-refractivity contribution < 1.29 is 14.0 Å². The second-order valence-electron chi connectivity index (χ2n) is 6.09. The zero-order valence-electron chi connectivity index (χ0n) is 16.0. The third kappa shape index (κ3) is 4.40. The molecule has 146 valence electrons. The van der Waals surface area contributed by atoms with E-state index < -0.39 is 5.91 Å². The van der Waals surface area contributed by atoms with Gasteiger partial charge in [-0.25, -0.2) is 0 Å². The SMILES string of the molecule is CCN(CC)c1ccc(NC(=O)c2coc(NC(=O)c3cccs3)n2)c(C)c1. The summed E-state index contributed by atoms with van der Waals surface area (Å²) in [6.07, 6.45) is 1.22. The van der Waals surface area contributed by atoms with Crippen LogP contribution in [0.25, 0.3) is 0 Å². The van der Waals surface area contributed by atoms with E-state index in [1.54, 1.807) is 17.5 Å². The average Bonchev–Trinajstić information content (AvgIpc) is 3.37. The molecule has 0 saturated heterocycles. The van der Waals surface area contributed by atoms with Crippen LogP contribution in [0.15, 0.2) is 46.4 Å². The first-order chi connectivity index (χ1) is 13.5. The van der Waals surface area contributed by atoms with Crippen molar-refractivity contribution in [3.63, 3.8) is 0 Å². The molecule has 0 bridgehead atoms. The highest BCUT2D eigenvalue weighted by Gasteiger charge is 2.16. The van der Waals surface area contributed by atoms with Crippen LogP contribution in [-0.4, -0.2) is 29.9 Å². The molecule has 0 atom stereocenters. The molecule has 2 N–H and O–H groups in total. The molecule has 0 aliphatic heterocycles. The van der Waals surface area contributed by atoms with E-state index >= 15 is 0 Å². The van der Waals surface area contributed by atoms with E-state index in [1.165, 1.54) is 17.6 Å². The van der Waals surface area contributed by atoms with Crippen LogP contribution in [0.4, 0.5) is 17.4 Å². The van der Waals surface area contributed by atoms with Crippen LogP contribution < -0.4 is 15.5 Å². The molecule has 0 spiro atoms. The normalized spacial score (nSPS) is 10.5. The van der Waals surface area contributed by atoms with Crippen molar-refractivity contribution in [1.82, 2.24) is 4.98 Å². The Morgan fingerprint density at radius 2 is 1.93 bits per heavy atom. The molecular weight excluding hydrogens is 376 g/mol. The smallest absolute Gasteiger partial charge is 0.302 e. The number of aryl methyl sites for hydroxylation is 1. The Morgan fingerprint density at radius 3 is 2.57 bits per heavy atom. The first kappa shape index (κ1) is 19.6. The maximum absolute atomic E-state index is 12.5. The summed E-state index contributed by atoms with van der Waals surface area (Å²) in [5.74, 6) is -0.731. The summed E-state index contributed by atoms with van der Waals surface area (Å²) < 4.78 is 5.20. The number of hydrogen-bond acceptors (Lipinski definition) is 6. The summed E-state index contributed by atoms with van der Waals surface area (Å²) in [4.78, 5) is 31.3. The van der Waals surface area contributed by atoms with Gasteiger partial charge >= 0.3 is 6.01 Å². The molecule has 0 unspecified atom stereocenters. The number of oxazole rings is 1. The number of benzene rings is 1. The van der Waals surface area contributed by atoms with E-state index in [2.05, 4.69) is 34.4 Å². The van der Waals surface area contributed by atoms with E-state index in [4.69, 9.17) is 4.42 Å². The molecule has 7 nitrogen and oxygen atoms in total. The lowest BCUT2D eigenvalue weighted by Gasteiger charge is -2.22. The minimum absolute atomic E-state index is 0.0165. The van der Waals surface area contributed by atoms with Crippen LogP contribution >= 0.6 is 11.3 Å². The van der Waals surface area contributed by atoms with Gasteiger partial charge in [0.2, 0.25) is 0 Å². The number of nitrogens with one attached hydrogen (secondary N) is 2. The number of hydrogen-bond donors (Lipinski definition) is 2. The molecule has 0 saturated carbocycles. The highest BCUT2D eigenvalue weighted by atomic mass is 32.1. The quantitative estimate of drug-likeness (QED) is 0.616. The maximum Gasteiger partial charge on any atom is 0.302 e. The van der Waals surface area contributed by atoms with Gasteiger partial charge in [-0.15, -0.1) is 11.3 Å². The van der Waals surface area contributed by atoms with Gasteiger partial charge in [0, 0.05) is 24.5 Å². The molecular formula is C20H22N4O3S. The number of aromatic nitrogens is 1. The Balaban J connectivity index is 1.67. The van der Waals surface area contributed by atoms with Crippen LogP contribution in [0.5, 0.6) is 0 Å². The van der Waals surface area contributed by atoms with Gasteiger partial charge in [-0.2, -0.15) is 4.98 Å². The van der Waals surface area contributed by atoms with Crippen molar-refractivity contribution in [2.75, 3.05) is 28.6 Å². The van der Waals surface area contributed by atoms with E-state index in [0.29, 0.717) is 10.6 Å². The van der Waals surface area contributed by atoms with Gasteiger partial charge in [-0.05, 0) is 56.0 Å². The van der Waals surface area contributed by atoms with E-state index in [1.807, 2.05) is 25.1 Å². The van der Waals surface area contributed by atoms with Gasteiger partial charge in [-0.3, -0.25) is 14.9 Å².